The number of carbonyl (C=O) groups excluding carboxylic acids is 1. The Hall–Kier alpha value is -3.40. The van der Waals surface area contributed by atoms with Crippen LogP contribution in [-0.4, -0.2) is 20.0 Å². The number of aromatic amines is 1. The molecular formula is C22H27N5O4S. The Labute approximate surface area is 188 Å². The summed E-state index contributed by atoms with van der Waals surface area (Å²) in [5.41, 5.74) is 6.46. The number of nitrogen functional groups attached to an aromatic ring is 1. The number of hydrogen-bond acceptors (Lipinski definition) is 6. The normalized spacial score (nSPS) is 10.9. The van der Waals surface area contributed by atoms with E-state index in [2.05, 4.69) is 4.98 Å². The van der Waals surface area contributed by atoms with Crippen LogP contribution in [0.1, 0.15) is 37.4 Å². The molecule has 2 heterocycles. The average Bonchev–Trinajstić information content (AvgIpc) is 3.09. The van der Waals surface area contributed by atoms with Crippen LogP contribution in [0.15, 0.2) is 50.1 Å². The lowest BCUT2D eigenvalue weighted by atomic mass is 10.2. The first-order valence-electron chi connectivity index (χ1n) is 10.4. The summed E-state index contributed by atoms with van der Waals surface area (Å²) >= 11 is 1.08. The molecular weight excluding hydrogens is 430 g/mol. The van der Waals surface area contributed by atoms with Gasteiger partial charge in [0.05, 0.1) is 6.54 Å². The van der Waals surface area contributed by atoms with Gasteiger partial charge in [-0.05, 0) is 18.9 Å². The van der Waals surface area contributed by atoms with E-state index < -0.39 is 11.2 Å². The number of carbonyl (C=O) groups is 1. The first-order valence-corrected chi connectivity index (χ1v) is 11.3. The molecule has 2 aromatic heterocycles. The number of amides is 1. The zero-order valence-corrected chi connectivity index (χ0v) is 19.0. The zero-order chi connectivity index (χ0) is 23.3. The van der Waals surface area contributed by atoms with Crippen LogP contribution in [0.25, 0.3) is 0 Å². The molecule has 0 atom stereocenters. The van der Waals surface area contributed by atoms with Gasteiger partial charge in [-0.2, -0.15) is 0 Å². The van der Waals surface area contributed by atoms with Gasteiger partial charge in [-0.3, -0.25) is 23.9 Å². The van der Waals surface area contributed by atoms with E-state index in [0.29, 0.717) is 13.0 Å². The van der Waals surface area contributed by atoms with E-state index in [0.717, 1.165) is 29.0 Å². The maximum Gasteiger partial charge on any atom is 0.330 e. The maximum atomic E-state index is 13.3. The molecule has 0 aliphatic carbocycles. The SMILES string of the molecule is CCCCn1c(N)c(N(Cc2ccccc2)C(=O)CCn2c(C)csc2=O)c(=O)[nH]c1=O. The fourth-order valence-corrected chi connectivity index (χ4v) is 4.21. The molecule has 0 unspecified atom stereocenters. The molecule has 3 rings (SSSR count). The molecule has 0 aliphatic rings. The molecule has 3 N–H and O–H groups in total. The highest BCUT2D eigenvalue weighted by Gasteiger charge is 2.24. The van der Waals surface area contributed by atoms with E-state index in [1.165, 1.54) is 14.0 Å². The highest BCUT2D eigenvalue weighted by Crippen LogP contribution is 2.21. The molecule has 1 amide bonds. The second-order valence-corrected chi connectivity index (χ2v) is 8.33. The van der Waals surface area contributed by atoms with Gasteiger partial charge in [-0.15, -0.1) is 0 Å². The molecule has 0 fully saturated rings. The molecule has 0 aliphatic heterocycles. The van der Waals surface area contributed by atoms with E-state index in [-0.39, 0.29) is 41.8 Å². The van der Waals surface area contributed by atoms with Gasteiger partial charge in [0.15, 0.2) is 5.69 Å². The summed E-state index contributed by atoms with van der Waals surface area (Å²) in [7, 11) is 0. The van der Waals surface area contributed by atoms with E-state index in [1.807, 2.05) is 37.3 Å². The molecule has 0 spiro atoms. The summed E-state index contributed by atoms with van der Waals surface area (Å²) in [6, 6.07) is 9.20. The zero-order valence-electron chi connectivity index (χ0n) is 18.2. The molecule has 32 heavy (non-hydrogen) atoms. The van der Waals surface area contributed by atoms with Crippen LogP contribution >= 0.6 is 11.3 Å². The van der Waals surface area contributed by atoms with Crippen LogP contribution in [-0.2, 0) is 24.4 Å². The number of nitrogens with one attached hydrogen (secondary N) is 1. The Morgan fingerprint density at radius 1 is 1.12 bits per heavy atom. The summed E-state index contributed by atoms with van der Waals surface area (Å²) in [4.78, 5) is 53.8. The molecule has 0 saturated heterocycles. The van der Waals surface area contributed by atoms with E-state index in [9.17, 15) is 19.2 Å². The molecule has 0 radical (unpaired) electrons. The Morgan fingerprint density at radius 2 is 1.84 bits per heavy atom. The van der Waals surface area contributed by atoms with Crippen molar-refractivity contribution in [3.8, 4) is 0 Å². The highest BCUT2D eigenvalue weighted by molar-refractivity contribution is 7.07. The largest absolute Gasteiger partial charge is 0.383 e. The van der Waals surface area contributed by atoms with Gasteiger partial charge in [0.25, 0.3) is 5.56 Å². The lowest BCUT2D eigenvalue weighted by molar-refractivity contribution is -0.119. The summed E-state index contributed by atoms with van der Waals surface area (Å²) < 4.78 is 2.82. The van der Waals surface area contributed by atoms with Gasteiger partial charge >= 0.3 is 10.6 Å². The smallest absolute Gasteiger partial charge is 0.330 e. The number of aromatic nitrogens is 3. The van der Waals surface area contributed by atoms with Gasteiger partial charge < -0.3 is 15.2 Å². The summed E-state index contributed by atoms with van der Waals surface area (Å²) in [5.74, 6) is -0.412. The number of nitrogens with zero attached hydrogens (tertiary/aromatic N) is 3. The van der Waals surface area contributed by atoms with Crippen LogP contribution < -0.4 is 26.8 Å². The predicted molar refractivity (Wildman–Crippen MR) is 126 cm³/mol. The van der Waals surface area contributed by atoms with Crippen LogP contribution in [0, 0.1) is 6.92 Å². The minimum absolute atomic E-state index is 0.00270. The van der Waals surface area contributed by atoms with Gasteiger partial charge in [0, 0.05) is 30.6 Å². The quantitative estimate of drug-likeness (QED) is 0.509. The topological polar surface area (TPSA) is 123 Å². The van der Waals surface area contributed by atoms with Gasteiger partial charge in [0.2, 0.25) is 5.91 Å². The summed E-state index contributed by atoms with van der Waals surface area (Å²) in [6.07, 6.45) is 1.53. The van der Waals surface area contributed by atoms with Crippen molar-refractivity contribution in [1.29, 1.82) is 0 Å². The van der Waals surface area contributed by atoms with Crippen LogP contribution in [0.5, 0.6) is 0 Å². The highest BCUT2D eigenvalue weighted by atomic mass is 32.1. The lowest BCUT2D eigenvalue weighted by Gasteiger charge is -2.25. The van der Waals surface area contributed by atoms with E-state index in [4.69, 9.17) is 5.73 Å². The van der Waals surface area contributed by atoms with Crippen molar-refractivity contribution < 1.29 is 4.79 Å². The molecule has 0 saturated carbocycles. The maximum absolute atomic E-state index is 13.3. The number of rotatable bonds is 9. The predicted octanol–water partition coefficient (Wildman–Crippen LogP) is 2.07. The first kappa shape index (κ1) is 23.3. The van der Waals surface area contributed by atoms with Crippen LogP contribution in [0.3, 0.4) is 0 Å². The second-order valence-electron chi connectivity index (χ2n) is 7.51. The van der Waals surface area contributed by atoms with Crippen molar-refractivity contribution in [2.75, 3.05) is 10.6 Å². The van der Waals surface area contributed by atoms with Crippen LogP contribution in [0.2, 0.25) is 0 Å². The fourth-order valence-electron chi connectivity index (χ4n) is 3.45. The summed E-state index contributed by atoms with van der Waals surface area (Å²) in [6.45, 7) is 4.41. The molecule has 1 aromatic carbocycles. The first-order chi connectivity index (χ1) is 15.3. The summed E-state index contributed by atoms with van der Waals surface area (Å²) in [5, 5.41) is 1.74. The number of aryl methyl sites for hydroxylation is 1. The number of H-pyrrole nitrogens is 1. The minimum Gasteiger partial charge on any atom is -0.383 e. The van der Waals surface area contributed by atoms with Gasteiger partial charge in [0.1, 0.15) is 5.82 Å². The Balaban J connectivity index is 2.01. The number of nitrogens with two attached hydrogens (primary N) is 1. The number of hydrogen-bond donors (Lipinski definition) is 2. The van der Waals surface area contributed by atoms with Gasteiger partial charge in [-0.1, -0.05) is 55.0 Å². The standard InChI is InChI=1S/C22H27N5O4S/c1-3-4-11-26-19(23)18(20(29)24-21(26)30)27(13-16-8-6-5-7-9-16)17(28)10-12-25-15(2)14-32-22(25)31/h5-9,14H,3-4,10-13,23H2,1-2H3,(H,24,29,30). The van der Waals surface area contributed by atoms with Crippen molar-refractivity contribution >= 4 is 28.7 Å². The van der Waals surface area contributed by atoms with Gasteiger partial charge in [-0.25, -0.2) is 4.79 Å². The van der Waals surface area contributed by atoms with E-state index in [1.54, 1.807) is 12.3 Å². The third-order valence-electron chi connectivity index (χ3n) is 5.23. The number of anilines is 2. The molecule has 170 valence electrons. The molecule has 0 bridgehead atoms. The van der Waals surface area contributed by atoms with Crippen molar-refractivity contribution in [2.45, 2.75) is 52.7 Å². The lowest BCUT2D eigenvalue weighted by Crippen LogP contribution is -2.41. The number of thiazole rings is 1. The molecule has 3 aromatic rings. The van der Waals surface area contributed by atoms with Crippen molar-refractivity contribution in [2.24, 2.45) is 0 Å². The third-order valence-corrected chi connectivity index (χ3v) is 6.11. The number of benzene rings is 1. The average molecular weight is 458 g/mol. The second kappa shape index (κ2) is 10.3. The third kappa shape index (κ3) is 5.08. The monoisotopic (exact) mass is 457 g/mol. The Kier molecular flexibility index (Phi) is 7.47. The Morgan fingerprint density at radius 3 is 2.47 bits per heavy atom. The fraction of sp³-hybridized carbons (Fsp3) is 0.364. The Bertz CT molecular complexity index is 1260. The molecule has 9 nitrogen and oxygen atoms in total. The van der Waals surface area contributed by atoms with E-state index >= 15 is 0 Å². The van der Waals surface area contributed by atoms with Crippen molar-refractivity contribution in [3.63, 3.8) is 0 Å². The van der Waals surface area contributed by atoms with Crippen molar-refractivity contribution in [3.05, 3.63) is 77.5 Å². The molecule has 10 heteroatoms. The van der Waals surface area contributed by atoms with Crippen LogP contribution in [0.4, 0.5) is 11.5 Å². The number of unbranched alkanes of at least 4 members (excludes halogenated alkanes) is 1. The minimum atomic E-state index is -0.714. The van der Waals surface area contributed by atoms with Crippen molar-refractivity contribution in [1.82, 2.24) is 14.1 Å².